The quantitative estimate of drug-likeness (QED) is 0.863. The molecule has 0 amide bonds. The van der Waals surface area contributed by atoms with Crippen molar-refractivity contribution in [2.24, 2.45) is 5.73 Å². The average molecular weight is 351 g/mol. The van der Waals surface area contributed by atoms with Gasteiger partial charge in [-0.3, -0.25) is 4.90 Å². The summed E-state index contributed by atoms with van der Waals surface area (Å²) in [7, 11) is 0. The van der Waals surface area contributed by atoms with Crippen LogP contribution in [0.15, 0.2) is 18.2 Å². The summed E-state index contributed by atoms with van der Waals surface area (Å²) < 4.78 is 0. The normalized spacial score (nSPS) is 19.1. The van der Waals surface area contributed by atoms with Crippen molar-refractivity contribution in [2.45, 2.75) is 32.4 Å². The van der Waals surface area contributed by atoms with E-state index in [1.54, 1.807) is 0 Å². The average Bonchev–Trinajstić information content (AvgIpc) is 2.69. The van der Waals surface area contributed by atoms with Gasteiger partial charge in [0.15, 0.2) is 0 Å². The molecule has 3 rings (SSSR count). The molecule has 1 aromatic heterocycles. The van der Waals surface area contributed by atoms with E-state index in [9.17, 15) is 0 Å². The monoisotopic (exact) mass is 349 g/mol. The number of nitrogens with two attached hydrogens (primary N) is 1. The molecule has 1 fully saturated rings. The Bertz CT molecular complexity index is 597. The molecule has 0 saturated carbocycles. The molecule has 2 heterocycles. The zero-order chi connectivity index (χ0) is 13.4. The Morgan fingerprint density at radius 1 is 1.38 bits per heavy atom. The molecule has 1 aromatic carbocycles. The van der Waals surface area contributed by atoms with Crippen LogP contribution in [0.3, 0.4) is 0 Å². The summed E-state index contributed by atoms with van der Waals surface area (Å²) in [5.74, 6) is 0. The maximum Gasteiger partial charge on any atom is 0.0648 e. The first kappa shape index (κ1) is 18.6. The molecule has 21 heavy (non-hydrogen) atoms. The third-order valence-electron chi connectivity index (χ3n) is 4.07. The Labute approximate surface area is 143 Å². The minimum absolute atomic E-state index is 0. The second-order valence-electron chi connectivity index (χ2n) is 5.53. The van der Waals surface area contributed by atoms with E-state index >= 15 is 0 Å². The molecule has 1 saturated heterocycles. The number of likely N-dealkylation sites (tertiary alicyclic amines) is 1. The van der Waals surface area contributed by atoms with Gasteiger partial charge in [-0.05, 0) is 37.9 Å². The first-order valence-corrected chi connectivity index (χ1v) is 7.26. The lowest BCUT2D eigenvalue weighted by atomic mass is 10.1. The van der Waals surface area contributed by atoms with Gasteiger partial charge in [-0.25, -0.2) is 0 Å². The second kappa shape index (κ2) is 7.70. The van der Waals surface area contributed by atoms with Crippen molar-refractivity contribution in [3.63, 3.8) is 0 Å². The summed E-state index contributed by atoms with van der Waals surface area (Å²) in [4.78, 5) is 5.91. The van der Waals surface area contributed by atoms with Crippen LogP contribution >= 0.6 is 36.4 Å². The van der Waals surface area contributed by atoms with E-state index in [0.29, 0.717) is 6.04 Å². The van der Waals surface area contributed by atoms with Crippen molar-refractivity contribution in [1.29, 1.82) is 0 Å². The van der Waals surface area contributed by atoms with Crippen LogP contribution in [0.25, 0.3) is 10.9 Å². The number of hydrogen-bond acceptors (Lipinski definition) is 2. The predicted molar refractivity (Wildman–Crippen MR) is 95.0 cm³/mol. The van der Waals surface area contributed by atoms with Crippen LogP contribution in [0.1, 0.15) is 24.1 Å². The summed E-state index contributed by atoms with van der Waals surface area (Å²) in [5, 5.41) is 2.02. The zero-order valence-electron chi connectivity index (χ0n) is 12.1. The van der Waals surface area contributed by atoms with Gasteiger partial charge < -0.3 is 10.7 Å². The number of aryl methyl sites for hydroxylation is 1. The largest absolute Gasteiger partial charge is 0.356 e. The molecule has 1 atom stereocenters. The van der Waals surface area contributed by atoms with Gasteiger partial charge in [-0.1, -0.05) is 23.7 Å². The number of aromatic nitrogens is 1. The van der Waals surface area contributed by atoms with E-state index in [4.69, 9.17) is 17.3 Å². The Kier molecular flexibility index (Phi) is 6.82. The lowest BCUT2D eigenvalue weighted by molar-refractivity contribution is 0.199. The molecule has 0 aliphatic carbocycles. The van der Waals surface area contributed by atoms with E-state index in [1.165, 1.54) is 23.1 Å². The molecule has 2 aromatic rings. The smallest absolute Gasteiger partial charge is 0.0648 e. The van der Waals surface area contributed by atoms with Crippen LogP contribution in [0.2, 0.25) is 5.02 Å². The van der Waals surface area contributed by atoms with Gasteiger partial charge >= 0.3 is 0 Å². The fourth-order valence-electron chi connectivity index (χ4n) is 2.99. The van der Waals surface area contributed by atoms with Crippen molar-refractivity contribution in [3.05, 3.63) is 34.5 Å². The topological polar surface area (TPSA) is 45.0 Å². The number of H-pyrrole nitrogens is 1. The van der Waals surface area contributed by atoms with Crippen LogP contribution in [-0.4, -0.2) is 29.0 Å². The number of nitrogens with one attached hydrogen (secondary N) is 1. The summed E-state index contributed by atoms with van der Waals surface area (Å²) in [6.07, 6.45) is 2.34. The third-order valence-corrected chi connectivity index (χ3v) is 4.38. The molecule has 0 radical (unpaired) electrons. The number of hydrogen-bond donors (Lipinski definition) is 2. The van der Waals surface area contributed by atoms with Crippen LogP contribution in [-0.2, 0) is 6.54 Å². The summed E-state index contributed by atoms with van der Waals surface area (Å²) in [6, 6.07) is 6.38. The first-order chi connectivity index (χ1) is 9.15. The minimum atomic E-state index is 0. The van der Waals surface area contributed by atoms with Crippen molar-refractivity contribution in [3.8, 4) is 0 Å². The van der Waals surface area contributed by atoms with Gasteiger partial charge in [0, 0.05) is 30.2 Å². The number of halogens is 3. The molecule has 1 unspecified atom stereocenters. The van der Waals surface area contributed by atoms with E-state index in [0.717, 1.165) is 36.6 Å². The van der Waals surface area contributed by atoms with E-state index in [2.05, 4.69) is 22.9 Å². The first-order valence-electron chi connectivity index (χ1n) is 6.89. The standard InChI is InChI=1S/C15H20ClN3.2ClH/c1-10-12-5-2-6-13(16)15(12)18-14(10)9-19-7-3-4-11(17)8-19;;/h2,5-6,11,18H,3-4,7-9,17H2,1H3;2*1H. The maximum atomic E-state index is 6.24. The molecular weight excluding hydrogens is 329 g/mol. The molecule has 0 bridgehead atoms. The van der Waals surface area contributed by atoms with Crippen LogP contribution in [0, 0.1) is 6.92 Å². The van der Waals surface area contributed by atoms with Gasteiger partial charge in [-0.15, -0.1) is 24.8 Å². The zero-order valence-corrected chi connectivity index (χ0v) is 14.5. The SMILES string of the molecule is Cc1c(CN2CCCC(N)C2)[nH]c2c(Cl)cccc12.Cl.Cl. The number of rotatable bonds is 2. The molecule has 3 nitrogen and oxygen atoms in total. The van der Waals surface area contributed by atoms with E-state index in [1.807, 2.05) is 12.1 Å². The van der Waals surface area contributed by atoms with Gasteiger partial charge in [-0.2, -0.15) is 0 Å². The highest BCUT2D eigenvalue weighted by molar-refractivity contribution is 6.35. The number of para-hydroxylation sites is 1. The Balaban J connectivity index is 0.00000110. The number of aromatic amines is 1. The fraction of sp³-hybridized carbons (Fsp3) is 0.467. The fourth-order valence-corrected chi connectivity index (χ4v) is 3.21. The van der Waals surface area contributed by atoms with Crippen LogP contribution in [0.4, 0.5) is 0 Å². The van der Waals surface area contributed by atoms with Crippen molar-refractivity contribution < 1.29 is 0 Å². The molecule has 118 valence electrons. The summed E-state index contributed by atoms with van der Waals surface area (Å²) >= 11 is 6.24. The Morgan fingerprint density at radius 2 is 2.14 bits per heavy atom. The highest BCUT2D eigenvalue weighted by Crippen LogP contribution is 2.28. The highest BCUT2D eigenvalue weighted by Gasteiger charge is 2.19. The number of nitrogens with zero attached hydrogens (tertiary/aromatic N) is 1. The molecule has 0 spiro atoms. The minimum Gasteiger partial charge on any atom is -0.356 e. The van der Waals surface area contributed by atoms with Crippen molar-refractivity contribution in [2.75, 3.05) is 13.1 Å². The number of piperidine rings is 1. The van der Waals surface area contributed by atoms with E-state index in [-0.39, 0.29) is 24.8 Å². The van der Waals surface area contributed by atoms with Gasteiger partial charge in [0.05, 0.1) is 10.5 Å². The lowest BCUT2D eigenvalue weighted by Gasteiger charge is -2.30. The van der Waals surface area contributed by atoms with Gasteiger partial charge in [0.25, 0.3) is 0 Å². The molecular formula is C15H22Cl3N3. The number of benzene rings is 1. The third kappa shape index (κ3) is 3.85. The van der Waals surface area contributed by atoms with Crippen molar-refractivity contribution >= 4 is 47.3 Å². The molecule has 1 aliphatic rings. The van der Waals surface area contributed by atoms with Gasteiger partial charge in [0.2, 0.25) is 0 Å². The summed E-state index contributed by atoms with van der Waals surface area (Å²) in [5.41, 5.74) is 9.66. The van der Waals surface area contributed by atoms with Crippen LogP contribution in [0.5, 0.6) is 0 Å². The highest BCUT2D eigenvalue weighted by atomic mass is 35.5. The predicted octanol–water partition coefficient (Wildman–Crippen LogP) is 3.90. The Hall–Kier alpha value is -0.450. The van der Waals surface area contributed by atoms with Crippen LogP contribution < -0.4 is 5.73 Å². The Morgan fingerprint density at radius 3 is 2.81 bits per heavy atom. The molecule has 1 aliphatic heterocycles. The molecule has 6 heteroatoms. The second-order valence-corrected chi connectivity index (χ2v) is 5.94. The molecule has 3 N–H and O–H groups in total. The summed E-state index contributed by atoms with van der Waals surface area (Å²) in [6.45, 7) is 5.22. The number of fused-ring (bicyclic) bond motifs is 1. The van der Waals surface area contributed by atoms with E-state index < -0.39 is 0 Å². The lowest BCUT2D eigenvalue weighted by Crippen LogP contribution is -2.42. The van der Waals surface area contributed by atoms with Gasteiger partial charge in [0.1, 0.15) is 0 Å². The maximum absolute atomic E-state index is 6.24. The van der Waals surface area contributed by atoms with Crippen molar-refractivity contribution in [1.82, 2.24) is 9.88 Å².